The molecule has 8 rings (SSSR count). The van der Waals surface area contributed by atoms with Gasteiger partial charge in [-0.1, -0.05) is 179 Å². The van der Waals surface area contributed by atoms with Crippen molar-refractivity contribution >= 4 is 11.0 Å². The molecule has 0 saturated heterocycles. The van der Waals surface area contributed by atoms with Gasteiger partial charge in [0.15, 0.2) is 0 Å². The fourth-order valence-electron chi connectivity index (χ4n) is 8.21. The summed E-state index contributed by atoms with van der Waals surface area (Å²) in [6.07, 6.45) is -0.624. The molecule has 0 amide bonds. The van der Waals surface area contributed by atoms with Crippen molar-refractivity contribution < 1.29 is 44.0 Å². The van der Waals surface area contributed by atoms with Crippen LogP contribution in [0.5, 0.6) is 5.75 Å². The fourth-order valence-corrected chi connectivity index (χ4v) is 8.21. The van der Waals surface area contributed by atoms with Gasteiger partial charge in [0, 0.05) is 46.8 Å². The first-order chi connectivity index (χ1) is 35.3. The minimum Gasteiger partial charge on any atom is -0.507 e. The van der Waals surface area contributed by atoms with E-state index in [1.165, 1.54) is 0 Å². The molecular formula is C60H64N3OPt-. The smallest absolute Gasteiger partial charge is 0.148 e. The summed E-state index contributed by atoms with van der Waals surface area (Å²) in [6, 6.07) is 26.0. The molecule has 0 fully saturated rings. The molecule has 0 bridgehead atoms. The molecule has 0 atom stereocenters. The fraction of sp³-hybridized carbons (Fsp3) is 0.300. The average Bonchev–Trinajstić information content (AvgIpc) is 3.77. The number of imidazole rings is 1. The molecule has 0 aliphatic carbocycles. The number of benzene rings is 6. The molecule has 1 N–H and O–H groups in total. The van der Waals surface area contributed by atoms with Crippen LogP contribution in [0, 0.1) is 12.9 Å². The summed E-state index contributed by atoms with van der Waals surface area (Å²) in [4.78, 5) is 9.81. The third kappa shape index (κ3) is 9.43. The van der Waals surface area contributed by atoms with Crippen molar-refractivity contribution in [3.63, 3.8) is 0 Å². The van der Waals surface area contributed by atoms with E-state index in [2.05, 4.69) is 44.0 Å². The molecule has 0 radical (unpaired) electrons. The number of fused-ring (bicyclic) bond motifs is 1. The van der Waals surface area contributed by atoms with Crippen LogP contribution in [0.4, 0.5) is 0 Å². The third-order valence-electron chi connectivity index (χ3n) is 11.7. The Hall–Kier alpha value is -5.57. The van der Waals surface area contributed by atoms with Gasteiger partial charge < -0.3 is 5.11 Å². The Morgan fingerprint density at radius 3 is 2.03 bits per heavy atom. The van der Waals surface area contributed by atoms with Crippen LogP contribution in [-0.2, 0) is 31.9 Å². The van der Waals surface area contributed by atoms with Crippen LogP contribution in [-0.4, -0.2) is 19.6 Å². The molecule has 5 heteroatoms. The SMILES string of the molecule is [2H]c1nc(-c2[c-]c(-c3cccc4c3nc(-c3cc(C([2H])(C)C)cc(C([2H])(C)C)c3O)n4-c3ccc(-c4ccccc4C(C)(C)C)c(C([2H])(C)C)c3)cc(C(C)(C)C)c2)c([2H])c(-c2c([2H])c([2H])c(C([2H])([2H])[2H])c([2H])c2[2H])c1[2H].[Pt]. The standard InChI is InChI=1S/C60H64N3O.Pt/c1-36(2)42-32-51(38(5)6)57(64)52(33-42)58-62-56-47(43-29-44(31-45(30-43)59(8,9)10)54-34-41(27-28-61-54)40-23-21-39(7)22-24-40)18-16-20-55(56)63(58)46-25-26-48(50(35-46)37(3)4)49-17-14-15-19-53(49)60(11,12)13;/h14-28,30-38,64H,1-13H3;/q-1;/i7D3,21D,22D,23D,24D,27D,28D,34D,36D,37D,38D;. The Labute approximate surface area is 420 Å². The minimum absolute atomic E-state index is 0. The second-order valence-corrected chi connectivity index (χ2v) is 19.3. The molecule has 4 nitrogen and oxygen atoms in total. The summed E-state index contributed by atoms with van der Waals surface area (Å²) < 4.78 is 116. The van der Waals surface area contributed by atoms with E-state index in [4.69, 9.17) is 17.3 Å². The summed E-state index contributed by atoms with van der Waals surface area (Å²) in [7, 11) is 0. The molecule has 0 spiro atoms. The molecule has 2 heterocycles. The van der Waals surface area contributed by atoms with Crippen molar-refractivity contribution in [1.82, 2.24) is 14.5 Å². The normalized spacial score (nSPS) is 15.7. The number of hydrogen-bond acceptors (Lipinski definition) is 3. The van der Waals surface area contributed by atoms with E-state index in [0.717, 1.165) is 27.8 Å². The number of phenolic OH excluding ortho intramolecular Hbond substituents is 1. The molecule has 6 aromatic carbocycles. The molecule has 0 unspecified atom stereocenters. The number of rotatable bonds is 9. The first kappa shape index (κ1) is 33.0. The first-order valence-electron chi connectivity index (χ1n) is 28.2. The van der Waals surface area contributed by atoms with Gasteiger partial charge in [0.2, 0.25) is 0 Å². The van der Waals surface area contributed by atoms with Crippen molar-refractivity contribution in [2.24, 2.45) is 0 Å². The second kappa shape index (κ2) is 18.4. The molecule has 336 valence electrons. The number of aromatic hydroxyl groups is 1. The Kier molecular flexibility index (Phi) is 9.32. The van der Waals surface area contributed by atoms with Crippen LogP contribution in [0.15, 0.2) is 127 Å². The molecule has 2 aromatic heterocycles. The maximum Gasteiger partial charge on any atom is 0.148 e. The number of hydrogen-bond donors (Lipinski definition) is 1. The largest absolute Gasteiger partial charge is 0.507 e. The third-order valence-corrected chi connectivity index (χ3v) is 11.7. The molecule has 0 saturated carbocycles. The van der Waals surface area contributed by atoms with E-state index < -0.39 is 89.1 Å². The molecule has 65 heavy (non-hydrogen) atoms. The van der Waals surface area contributed by atoms with Crippen molar-refractivity contribution in [3.8, 4) is 67.5 Å². The number of para-hydroxylation sites is 1. The van der Waals surface area contributed by atoms with E-state index in [1.54, 1.807) is 45.9 Å². The molecule has 8 aromatic rings. The van der Waals surface area contributed by atoms with Crippen LogP contribution in [0.2, 0.25) is 0 Å². The van der Waals surface area contributed by atoms with Crippen LogP contribution >= 0.6 is 0 Å². The molecular weight excluding hydrogens is 974 g/mol. The topological polar surface area (TPSA) is 50.9 Å². The number of aromatic nitrogens is 3. The van der Waals surface area contributed by atoms with Gasteiger partial charge in [-0.05, 0) is 110 Å². The quantitative estimate of drug-likeness (QED) is 0.147. The first-order valence-corrected chi connectivity index (χ1v) is 21.7. The zero-order valence-electron chi connectivity index (χ0n) is 52.2. The van der Waals surface area contributed by atoms with E-state index in [1.807, 2.05) is 93.8 Å². The number of nitrogens with zero attached hydrogens (tertiary/aromatic N) is 3. The second-order valence-electron chi connectivity index (χ2n) is 19.3. The van der Waals surface area contributed by atoms with Crippen LogP contribution < -0.4 is 0 Å². The molecule has 0 aliphatic rings. The van der Waals surface area contributed by atoms with Gasteiger partial charge in [0.05, 0.1) is 26.2 Å². The van der Waals surface area contributed by atoms with Gasteiger partial charge in [-0.3, -0.25) is 9.55 Å². The van der Waals surface area contributed by atoms with Gasteiger partial charge in [0.1, 0.15) is 11.6 Å². The maximum atomic E-state index is 12.4. The molecule has 0 aliphatic heterocycles. The van der Waals surface area contributed by atoms with Crippen molar-refractivity contribution in [2.45, 2.75) is 118 Å². The zero-order chi connectivity index (χ0) is 57.2. The van der Waals surface area contributed by atoms with Gasteiger partial charge in [-0.25, -0.2) is 4.98 Å². The summed E-state index contributed by atoms with van der Waals surface area (Å²) in [5.41, 5.74) is 5.84. The van der Waals surface area contributed by atoms with Gasteiger partial charge in [-0.15, -0.1) is 29.3 Å². The van der Waals surface area contributed by atoms with Crippen LogP contribution in [0.25, 0.3) is 72.7 Å². The Morgan fingerprint density at radius 1 is 0.677 bits per heavy atom. The van der Waals surface area contributed by atoms with E-state index in [-0.39, 0.29) is 49.1 Å². The Balaban J connectivity index is 0.00000882. The number of pyridine rings is 1. The van der Waals surface area contributed by atoms with E-state index >= 15 is 0 Å². The monoisotopic (exact) mass is 1050 g/mol. The summed E-state index contributed by atoms with van der Waals surface area (Å²) >= 11 is 0. The Bertz CT molecular complexity index is 3670. The van der Waals surface area contributed by atoms with Crippen molar-refractivity contribution in [2.75, 3.05) is 0 Å². The van der Waals surface area contributed by atoms with Gasteiger partial charge >= 0.3 is 0 Å². The minimum atomic E-state index is -3.00. The zero-order valence-corrected chi connectivity index (χ0v) is 41.5. The van der Waals surface area contributed by atoms with Crippen LogP contribution in [0.3, 0.4) is 0 Å². The predicted octanol–water partition coefficient (Wildman–Crippen LogP) is 16.5. The summed E-state index contributed by atoms with van der Waals surface area (Å²) in [6.45, 7) is 20.0. The number of phenols is 1. The Morgan fingerprint density at radius 2 is 1.37 bits per heavy atom. The van der Waals surface area contributed by atoms with Crippen molar-refractivity contribution in [1.29, 1.82) is 0 Å². The summed E-state index contributed by atoms with van der Waals surface area (Å²) in [5.74, 6) is -3.46. The maximum absolute atomic E-state index is 12.4. The van der Waals surface area contributed by atoms with Crippen LogP contribution in [0.1, 0.15) is 152 Å². The van der Waals surface area contributed by atoms with E-state index in [0.29, 0.717) is 44.8 Å². The van der Waals surface area contributed by atoms with Gasteiger partial charge in [0.25, 0.3) is 0 Å². The average molecular weight is 1050 g/mol. The predicted molar refractivity (Wildman–Crippen MR) is 271 cm³/mol. The van der Waals surface area contributed by atoms with E-state index in [9.17, 15) is 10.6 Å². The van der Waals surface area contributed by atoms with Gasteiger partial charge in [-0.2, -0.15) is 0 Å². The van der Waals surface area contributed by atoms with Crippen molar-refractivity contribution in [3.05, 3.63) is 167 Å². The summed E-state index contributed by atoms with van der Waals surface area (Å²) in [5, 5.41) is 12.4.